The van der Waals surface area contributed by atoms with Gasteiger partial charge in [0, 0.05) is 0 Å². The second kappa shape index (κ2) is 8.50. The fourth-order valence-corrected chi connectivity index (χ4v) is 9.52. The Kier molecular flexibility index (Phi) is 6.12. The topological polar surface area (TPSA) is 0 Å². The van der Waals surface area contributed by atoms with Crippen LogP contribution in [0.2, 0.25) is 0 Å². The minimum atomic E-state index is 0.824. The summed E-state index contributed by atoms with van der Waals surface area (Å²) in [4.78, 5) is 0. The van der Waals surface area contributed by atoms with Gasteiger partial charge < -0.3 is 0 Å². The molecule has 0 unspecified atom stereocenters. The Labute approximate surface area is 182 Å². The molecule has 5 saturated carbocycles. The second-order valence-corrected chi connectivity index (χ2v) is 13.2. The molecule has 0 aromatic carbocycles. The molecule has 0 amide bonds. The van der Waals surface area contributed by atoms with E-state index in [0.717, 1.165) is 46.3 Å². The Morgan fingerprint density at radius 1 is 0.517 bits per heavy atom. The van der Waals surface area contributed by atoms with Crippen LogP contribution in [0.25, 0.3) is 0 Å². The van der Waals surface area contributed by atoms with Crippen LogP contribution in [-0.4, -0.2) is 0 Å². The molecule has 5 aliphatic carbocycles. The lowest BCUT2D eigenvalue weighted by Gasteiger charge is -2.62. The Morgan fingerprint density at radius 3 is 1.31 bits per heavy atom. The zero-order chi connectivity index (χ0) is 19.9. The Hall–Kier alpha value is 0. The lowest BCUT2D eigenvalue weighted by Crippen LogP contribution is -2.50. The molecule has 5 fully saturated rings. The molecule has 0 saturated heterocycles. The molecule has 5 aliphatic rings. The van der Waals surface area contributed by atoms with Gasteiger partial charge in [0.05, 0.1) is 0 Å². The Morgan fingerprint density at radius 2 is 0.897 bits per heavy atom. The highest BCUT2D eigenvalue weighted by atomic mass is 14.6. The fraction of sp³-hybridized carbons (Fsp3) is 1.00. The normalized spacial score (nSPS) is 51.1. The maximum atomic E-state index is 2.48. The summed E-state index contributed by atoms with van der Waals surface area (Å²) in [7, 11) is 0. The van der Waals surface area contributed by atoms with E-state index >= 15 is 0 Å². The lowest BCUT2D eigenvalue weighted by atomic mass is 9.43. The van der Waals surface area contributed by atoms with E-state index in [1.807, 2.05) is 0 Å². The standard InChI is InChI=1S/C29H50/c1-3-23-6-10-25(11-7-23)27-14-18-29(19-15-27)20-28(21-29)16-12-26(13-17-28)24-8-4-22(2)5-9-24/h22-27H,3-21H2,1-2H3/t22-,23-,24-,25-,26?,27?,28?,29?. The van der Waals surface area contributed by atoms with Gasteiger partial charge in [-0.2, -0.15) is 0 Å². The molecule has 0 aliphatic heterocycles. The zero-order valence-electron chi connectivity index (χ0n) is 19.9. The first-order valence-corrected chi connectivity index (χ1v) is 14.1. The van der Waals surface area contributed by atoms with Crippen LogP contribution in [0.1, 0.15) is 136 Å². The van der Waals surface area contributed by atoms with Gasteiger partial charge in [0.25, 0.3) is 0 Å². The van der Waals surface area contributed by atoms with Crippen molar-refractivity contribution in [3.63, 3.8) is 0 Å². The van der Waals surface area contributed by atoms with Gasteiger partial charge in [0.15, 0.2) is 0 Å². The molecule has 0 radical (unpaired) electrons. The molecule has 0 aromatic heterocycles. The molecule has 29 heavy (non-hydrogen) atoms. The van der Waals surface area contributed by atoms with Crippen LogP contribution in [0.5, 0.6) is 0 Å². The van der Waals surface area contributed by atoms with E-state index in [4.69, 9.17) is 0 Å². The Balaban J connectivity index is 1.05. The predicted molar refractivity (Wildman–Crippen MR) is 125 cm³/mol. The molecule has 0 nitrogen and oxygen atoms in total. The molecule has 0 bridgehead atoms. The first-order valence-electron chi connectivity index (χ1n) is 14.1. The third kappa shape index (κ3) is 4.35. The molecule has 0 heterocycles. The van der Waals surface area contributed by atoms with Crippen molar-refractivity contribution in [3.05, 3.63) is 0 Å². The van der Waals surface area contributed by atoms with Gasteiger partial charge in [0.2, 0.25) is 0 Å². The van der Waals surface area contributed by atoms with E-state index in [1.165, 1.54) is 19.3 Å². The summed E-state index contributed by atoms with van der Waals surface area (Å²) in [5, 5.41) is 0. The van der Waals surface area contributed by atoms with Gasteiger partial charge in [-0.05, 0) is 136 Å². The summed E-state index contributed by atoms with van der Waals surface area (Å²) in [6.45, 7) is 4.88. The summed E-state index contributed by atoms with van der Waals surface area (Å²) < 4.78 is 0. The molecule has 0 atom stereocenters. The van der Waals surface area contributed by atoms with E-state index in [1.54, 1.807) is 103 Å². The monoisotopic (exact) mass is 398 g/mol. The van der Waals surface area contributed by atoms with Crippen LogP contribution in [0.15, 0.2) is 0 Å². The van der Waals surface area contributed by atoms with Gasteiger partial charge >= 0.3 is 0 Å². The van der Waals surface area contributed by atoms with E-state index in [-0.39, 0.29) is 0 Å². The smallest absolute Gasteiger partial charge is 0.0287 e. The lowest BCUT2D eigenvalue weighted by molar-refractivity contribution is -0.109. The van der Waals surface area contributed by atoms with Crippen LogP contribution in [0.3, 0.4) is 0 Å². The Bertz CT molecular complexity index is 504. The van der Waals surface area contributed by atoms with Crippen molar-refractivity contribution in [3.8, 4) is 0 Å². The zero-order valence-corrected chi connectivity index (χ0v) is 19.9. The van der Waals surface area contributed by atoms with E-state index in [9.17, 15) is 0 Å². The second-order valence-electron chi connectivity index (χ2n) is 13.2. The van der Waals surface area contributed by atoms with E-state index in [0.29, 0.717) is 0 Å². The third-order valence-corrected chi connectivity index (χ3v) is 11.5. The molecular formula is C29H50. The van der Waals surface area contributed by atoms with Crippen LogP contribution in [0.4, 0.5) is 0 Å². The highest BCUT2D eigenvalue weighted by Gasteiger charge is 2.56. The van der Waals surface area contributed by atoms with Crippen molar-refractivity contribution >= 4 is 0 Å². The molecule has 0 heteroatoms. The molecule has 166 valence electrons. The van der Waals surface area contributed by atoms with Gasteiger partial charge in [-0.25, -0.2) is 0 Å². The molecular weight excluding hydrogens is 348 g/mol. The largest absolute Gasteiger partial charge is 0.0651 e. The van der Waals surface area contributed by atoms with E-state index in [2.05, 4.69) is 13.8 Å². The molecule has 2 spiro atoms. The predicted octanol–water partition coefficient (Wildman–Crippen LogP) is 9.18. The summed E-state index contributed by atoms with van der Waals surface area (Å²) >= 11 is 0. The van der Waals surface area contributed by atoms with Gasteiger partial charge in [-0.15, -0.1) is 0 Å². The number of hydrogen-bond acceptors (Lipinski definition) is 0. The third-order valence-electron chi connectivity index (χ3n) is 11.5. The maximum absolute atomic E-state index is 2.48. The highest BCUT2D eigenvalue weighted by molar-refractivity contribution is 5.07. The average Bonchev–Trinajstić information content (AvgIpc) is 2.75. The fourth-order valence-electron chi connectivity index (χ4n) is 9.52. The van der Waals surface area contributed by atoms with Gasteiger partial charge in [-0.3, -0.25) is 0 Å². The van der Waals surface area contributed by atoms with Crippen LogP contribution in [0, 0.1) is 46.3 Å². The maximum Gasteiger partial charge on any atom is -0.0287 e. The minimum Gasteiger partial charge on any atom is -0.0651 e. The number of hydrogen-bond donors (Lipinski definition) is 0. The quantitative estimate of drug-likeness (QED) is 0.444. The van der Waals surface area contributed by atoms with Gasteiger partial charge in [0.1, 0.15) is 0 Å². The number of rotatable bonds is 3. The van der Waals surface area contributed by atoms with Crippen molar-refractivity contribution in [1.29, 1.82) is 0 Å². The van der Waals surface area contributed by atoms with Gasteiger partial charge in [-0.1, -0.05) is 46.0 Å². The van der Waals surface area contributed by atoms with Crippen LogP contribution < -0.4 is 0 Å². The molecule has 0 aromatic rings. The molecule has 0 N–H and O–H groups in total. The summed E-state index contributed by atoms with van der Waals surface area (Å²) in [5.41, 5.74) is 1.65. The SMILES string of the molecule is CC[C@H]1CC[C@H](C2CCC3(CC2)CC2(CCC([C@H]4CC[C@H](C)CC4)CC2)C3)CC1. The summed E-state index contributed by atoms with van der Waals surface area (Å²) in [6, 6.07) is 0. The highest BCUT2D eigenvalue weighted by Crippen LogP contribution is 2.67. The van der Waals surface area contributed by atoms with Crippen molar-refractivity contribution in [2.75, 3.05) is 0 Å². The van der Waals surface area contributed by atoms with Crippen molar-refractivity contribution in [2.45, 2.75) is 136 Å². The van der Waals surface area contributed by atoms with Crippen LogP contribution in [-0.2, 0) is 0 Å². The average molecular weight is 399 g/mol. The summed E-state index contributed by atoms with van der Waals surface area (Å²) in [5.74, 6) is 6.52. The first-order chi connectivity index (χ1) is 14.1. The van der Waals surface area contributed by atoms with Crippen molar-refractivity contribution in [1.82, 2.24) is 0 Å². The summed E-state index contributed by atoms with van der Waals surface area (Å²) in [6.07, 6.45) is 29.9. The minimum absolute atomic E-state index is 0.824. The first kappa shape index (κ1) is 20.9. The van der Waals surface area contributed by atoms with Crippen LogP contribution >= 0.6 is 0 Å². The van der Waals surface area contributed by atoms with Crippen molar-refractivity contribution in [2.24, 2.45) is 46.3 Å². The van der Waals surface area contributed by atoms with Crippen molar-refractivity contribution < 1.29 is 0 Å². The molecule has 5 rings (SSSR count). The van der Waals surface area contributed by atoms with E-state index < -0.39 is 0 Å².